The molecular formula is C12H19N3O5S. The number of nitrogens with zero attached hydrogens (tertiary/aromatic N) is 1. The molecule has 1 heterocycles. The number of nitrogens with two attached hydrogens (primary N) is 1. The Bertz CT molecular complexity index is 635. The monoisotopic (exact) mass is 317 g/mol. The van der Waals surface area contributed by atoms with Gasteiger partial charge in [0.25, 0.3) is 5.91 Å². The second-order valence-corrected chi connectivity index (χ2v) is 6.58. The van der Waals surface area contributed by atoms with E-state index in [0.29, 0.717) is 12.8 Å². The number of aryl methyl sites for hydroxylation is 1. The molecule has 0 aliphatic rings. The molecule has 0 aliphatic carbocycles. The number of hydrogen-bond donors (Lipinski definition) is 3. The summed E-state index contributed by atoms with van der Waals surface area (Å²) in [5.41, 5.74) is 5.22. The van der Waals surface area contributed by atoms with E-state index in [0.717, 1.165) is 0 Å². The Morgan fingerprint density at radius 2 is 2.10 bits per heavy atom. The molecule has 4 N–H and O–H groups in total. The normalized spacial score (nSPS) is 13.0. The van der Waals surface area contributed by atoms with Gasteiger partial charge in [-0.1, -0.05) is 6.92 Å². The first-order chi connectivity index (χ1) is 9.65. The molecular weight excluding hydrogens is 298 g/mol. The number of carbonyl (C=O) groups is 2. The summed E-state index contributed by atoms with van der Waals surface area (Å²) in [4.78, 5) is 21.7. The van der Waals surface area contributed by atoms with Crippen LogP contribution in [0.25, 0.3) is 0 Å². The molecule has 118 valence electrons. The molecule has 1 unspecified atom stereocenters. The predicted octanol–water partition coefficient (Wildman–Crippen LogP) is -0.0968. The van der Waals surface area contributed by atoms with E-state index in [-0.39, 0.29) is 17.1 Å². The van der Waals surface area contributed by atoms with Crippen LogP contribution in [-0.2, 0) is 21.9 Å². The van der Waals surface area contributed by atoms with Crippen LogP contribution in [-0.4, -0.2) is 36.5 Å². The average Bonchev–Trinajstić information content (AvgIpc) is 2.77. The topological polar surface area (TPSA) is 131 Å². The molecule has 0 spiro atoms. The second-order valence-electron chi connectivity index (χ2n) is 4.82. The summed E-state index contributed by atoms with van der Waals surface area (Å²) in [5, 5.41) is 8.72. The lowest BCUT2D eigenvalue weighted by molar-refractivity contribution is -0.141. The van der Waals surface area contributed by atoms with Crippen LogP contribution in [0.5, 0.6) is 0 Å². The number of amides is 1. The molecule has 1 atom stereocenters. The zero-order valence-corrected chi connectivity index (χ0v) is 12.7. The molecule has 0 fully saturated rings. The third-order valence-corrected chi connectivity index (χ3v) is 4.50. The highest BCUT2D eigenvalue weighted by molar-refractivity contribution is 7.89. The molecule has 0 radical (unpaired) electrons. The number of aliphatic carboxylic acids is 1. The maximum Gasteiger partial charge on any atom is 0.306 e. The summed E-state index contributed by atoms with van der Waals surface area (Å²) in [6.45, 7) is 1.69. The van der Waals surface area contributed by atoms with Crippen molar-refractivity contribution in [2.45, 2.75) is 24.7 Å². The van der Waals surface area contributed by atoms with E-state index in [1.54, 1.807) is 6.92 Å². The van der Waals surface area contributed by atoms with E-state index >= 15 is 0 Å². The second kappa shape index (κ2) is 6.72. The van der Waals surface area contributed by atoms with Crippen LogP contribution < -0.4 is 10.5 Å². The van der Waals surface area contributed by atoms with Crippen molar-refractivity contribution in [2.75, 3.05) is 6.54 Å². The van der Waals surface area contributed by atoms with Crippen LogP contribution in [0.2, 0.25) is 0 Å². The minimum atomic E-state index is -3.74. The van der Waals surface area contributed by atoms with E-state index in [1.807, 2.05) is 0 Å². The van der Waals surface area contributed by atoms with Crippen molar-refractivity contribution >= 4 is 21.9 Å². The number of hydrogen-bond acceptors (Lipinski definition) is 4. The fraction of sp³-hybridized carbons (Fsp3) is 0.500. The van der Waals surface area contributed by atoms with Crippen LogP contribution in [0.3, 0.4) is 0 Å². The Labute approximate surface area is 123 Å². The highest BCUT2D eigenvalue weighted by Crippen LogP contribution is 2.13. The van der Waals surface area contributed by atoms with Gasteiger partial charge in [-0.25, -0.2) is 13.1 Å². The lowest BCUT2D eigenvalue weighted by Gasteiger charge is -2.07. The number of carboxylic acids is 1. The lowest BCUT2D eigenvalue weighted by atomic mass is 10.1. The largest absolute Gasteiger partial charge is 0.481 e. The van der Waals surface area contributed by atoms with Gasteiger partial charge in [0.2, 0.25) is 10.0 Å². The molecule has 1 aromatic rings. The molecule has 1 aromatic heterocycles. The third kappa shape index (κ3) is 4.57. The molecule has 9 heteroatoms. The molecule has 0 aliphatic heterocycles. The van der Waals surface area contributed by atoms with Crippen molar-refractivity contribution < 1.29 is 23.1 Å². The number of sulfonamides is 1. The molecule has 21 heavy (non-hydrogen) atoms. The standard InChI is InChI=1S/C12H19N3O5S/c1-8(12(17)18)4-3-5-14-21(19,20)9-6-10(11(13)16)15(2)7-9/h6-8,14H,3-5H2,1-2H3,(H2,13,16)(H,17,18). The van der Waals surface area contributed by atoms with Gasteiger partial charge in [0.1, 0.15) is 10.6 Å². The summed E-state index contributed by atoms with van der Waals surface area (Å²) in [5.74, 6) is -2.14. The highest BCUT2D eigenvalue weighted by Gasteiger charge is 2.19. The zero-order valence-electron chi connectivity index (χ0n) is 11.9. The summed E-state index contributed by atoms with van der Waals surface area (Å²) >= 11 is 0. The van der Waals surface area contributed by atoms with E-state index in [2.05, 4.69) is 4.72 Å². The maximum absolute atomic E-state index is 12.0. The third-order valence-electron chi connectivity index (χ3n) is 3.07. The van der Waals surface area contributed by atoms with Gasteiger partial charge in [-0.3, -0.25) is 9.59 Å². The molecule has 0 saturated carbocycles. The Balaban J connectivity index is 2.64. The van der Waals surface area contributed by atoms with E-state index < -0.39 is 27.8 Å². The summed E-state index contributed by atoms with van der Waals surface area (Å²) in [7, 11) is -2.22. The minimum Gasteiger partial charge on any atom is -0.481 e. The van der Waals surface area contributed by atoms with Crippen molar-refractivity contribution in [1.29, 1.82) is 0 Å². The highest BCUT2D eigenvalue weighted by atomic mass is 32.2. The van der Waals surface area contributed by atoms with Gasteiger partial charge in [-0.15, -0.1) is 0 Å². The van der Waals surface area contributed by atoms with E-state index in [1.165, 1.54) is 23.9 Å². The number of primary amides is 1. The first kappa shape index (κ1) is 17.2. The average molecular weight is 317 g/mol. The van der Waals surface area contributed by atoms with Gasteiger partial charge < -0.3 is 15.4 Å². The van der Waals surface area contributed by atoms with Crippen LogP contribution in [0.4, 0.5) is 0 Å². The summed E-state index contributed by atoms with van der Waals surface area (Å²) in [6, 6.07) is 1.20. The Hall–Kier alpha value is -1.87. The first-order valence-corrected chi connectivity index (χ1v) is 7.82. The van der Waals surface area contributed by atoms with Crippen LogP contribution in [0, 0.1) is 5.92 Å². The van der Waals surface area contributed by atoms with Gasteiger partial charge >= 0.3 is 5.97 Å². The molecule has 8 nitrogen and oxygen atoms in total. The molecule has 1 rings (SSSR count). The Kier molecular flexibility index (Phi) is 5.50. The lowest BCUT2D eigenvalue weighted by Crippen LogP contribution is -2.25. The van der Waals surface area contributed by atoms with E-state index in [4.69, 9.17) is 10.8 Å². The van der Waals surface area contributed by atoms with Crippen molar-refractivity contribution in [3.63, 3.8) is 0 Å². The Morgan fingerprint density at radius 1 is 1.48 bits per heavy atom. The zero-order chi connectivity index (χ0) is 16.2. The number of carboxylic acid groups (broad SMARTS) is 1. The van der Waals surface area contributed by atoms with Crippen LogP contribution in [0.15, 0.2) is 17.2 Å². The van der Waals surface area contributed by atoms with Crippen LogP contribution in [0.1, 0.15) is 30.3 Å². The molecule has 0 bridgehead atoms. The van der Waals surface area contributed by atoms with Gasteiger partial charge in [0.05, 0.1) is 5.92 Å². The smallest absolute Gasteiger partial charge is 0.306 e. The number of rotatable bonds is 8. The van der Waals surface area contributed by atoms with E-state index in [9.17, 15) is 18.0 Å². The summed E-state index contributed by atoms with van der Waals surface area (Å²) < 4.78 is 27.7. The minimum absolute atomic E-state index is 0.0508. The maximum atomic E-state index is 12.0. The predicted molar refractivity (Wildman–Crippen MR) is 75.2 cm³/mol. The van der Waals surface area contributed by atoms with Crippen LogP contribution >= 0.6 is 0 Å². The Morgan fingerprint density at radius 3 is 2.57 bits per heavy atom. The molecule has 1 amide bonds. The SMILES string of the molecule is CC(CCCNS(=O)(=O)c1cc(C(N)=O)n(C)c1)C(=O)O. The first-order valence-electron chi connectivity index (χ1n) is 6.33. The van der Waals surface area contributed by atoms with Crippen molar-refractivity contribution in [3.8, 4) is 0 Å². The van der Waals surface area contributed by atoms with Gasteiger partial charge in [0, 0.05) is 19.8 Å². The van der Waals surface area contributed by atoms with Crippen molar-refractivity contribution in [2.24, 2.45) is 18.7 Å². The summed E-state index contributed by atoms with van der Waals surface area (Å²) in [6.07, 6.45) is 2.07. The van der Waals surface area contributed by atoms with Crippen molar-refractivity contribution in [1.82, 2.24) is 9.29 Å². The fourth-order valence-electron chi connectivity index (χ4n) is 1.75. The molecule has 0 aromatic carbocycles. The number of aromatic nitrogens is 1. The quantitative estimate of drug-likeness (QED) is 0.576. The van der Waals surface area contributed by atoms with Gasteiger partial charge in [-0.05, 0) is 18.9 Å². The van der Waals surface area contributed by atoms with Gasteiger partial charge in [-0.2, -0.15) is 0 Å². The number of nitrogens with one attached hydrogen (secondary N) is 1. The number of carbonyl (C=O) groups excluding carboxylic acids is 1. The molecule has 0 saturated heterocycles. The fourth-order valence-corrected chi connectivity index (χ4v) is 2.89. The van der Waals surface area contributed by atoms with Gasteiger partial charge in [0.15, 0.2) is 0 Å². The van der Waals surface area contributed by atoms with Crippen molar-refractivity contribution in [3.05, 3.63) is 18.0 Å².